The topological polar surface area (TPSA) is 63.4 Å². The summed E-state index contributed by atoms with van der Waals surface area (Å²) in [4.78, 5) is 11.9. The van der Waals surface area contributed by atoms with E-state index in [4.69, 9.17) is 0 Å². The smallest absolute Gasteiger partial charge is 0.362 e. The average Bonchev–Trinajstić information content (AvgIpc) is 2.58. The molecule has 0 aliphatic rings. The maximum Gasteiger partial charge on any atom is 0.362 e. The van der Waals surface area contributed by atoms with Crippen LogP contribution in [0.1, 0.15) is 12.5 Å². The molecular weight excluding hydrogens is 196 g/mol. The van der Waals surface area contributed by atoms with Crippen molar-refractivity contribution < 1.29 is 9.67 Å². The quantitative estimate of drug-likeness (QED) is 0.621. The van der Waals surface area contributed by atoms with Crippen molar-refractivity contribution in [3.8, 4) is 5.88 Å². The van der Waals surface area contributed by atoms with Crippen molar-refractivity contribution in [3.05, 3.63) is 22.2 Å². The number of rotatable bonds is 1. The molecule has 0 aliphatic heterocycles. The van der Waals surface area contributed by atoms with E-state index < -0.39 is 0 Å². The molecule has 6 nitrogen and oxygen atoms in total. The molecular formula is C9H13N4O2+. The fourth-order valence-electron chi connectivity index (χ4n) is 1.73. The maximum absolute atomic E-state index is 11.9. The number of aromatic nitrogens is 4. The van der Waals surface area contributed by atoms with E-state index in [0.29, 0.717) is 17.8 Å². The zero-order valence-electron chi connectivity index (χ0n) is 8.93. The molecule has 6 heteroatoms. The summed E-state index contributed by atoms with van der Waals surface area (Å²) >= 11 is 0. The first-order chi connectivity index (χ1) is 7.07. The van der Waals surface area contributed by atoms with E-state index in [9.17, 15) is 9.90 Å². The SMILES string of the molecule is CCc1c(O)n(C)c2n(nc[n+]2C)c1=O. The summed E-state index contributed by atoms with van der Waals surface area (Å²) < 4.78 is 4.52. The monoisotopic (exact) mass is 209 g/mol. The van der Waals surface area contributed by atoms with E-state index in [2.05, 4.69) is 5.10 Å². The van der Waals surface area contributed by atoms with Crippen LogP contribution in [0.15, 0.2) is 11.1 Å². The highest BCUT2D eigenvalue weighted by molar-refractivity contribution is 5.33. The van der Waals surface area contributed by atoms with E-state index in [-0.39, 0.29) is 11.4 Å². The number of hydrogen-bond donors (Lipinski definition) is 1. The molecule has 2 heterocycles. The molecule has 0 aliphatic carbocycles. The van der Waals surface area contributed by atoms with Gasteiger partial charge in [0.25, 0.3) is 0 Å². The van der Waals surface area contributed by atoms with Gasteiger partial charge in [-0.2, -0.15) is 0 Å². The number of nitrogens with zero attached hydrogens (tertiary/aromatic N) is 4. The van der Waals surface area contributed by atoms with Gasteiger partial charge in [-0.15, -0.1) is 0 Å². The molecule has 15 heavy (non-hydrogen) atoms. The highest BCUT2D eigenvalue weighted by Crippen LogP contribution is 2.13. The minimum atomic E-state index is -0.260. The Kier molecular flexibility index (Phi) is 1.99. The summed E-state index contributed by atoms with van der Waals surface area (Å²) in [6.45, 7) is 1.83. The lowest BCUT2D eigenvalue weighted by Crippen LogP contribution is -2.32. The van der Waals surface area contributed by atoms with Crippen LogP contribution in [0.5, 0.6) is 5.88 Å². The first-order valence-electron chi connectivity index (χ1n) is 4.72. The number of aryl methyl sites for hydroxylation is 2. The van der Waals surface area contributed by atoms with Crippen LogP contribution >= 0.6 is 0 Å². The molecule has 0 bridgehead atoms. The Morgan fingerprint density at radius 1 is 1.60 bits per heavy atom. The van der Waals surface area contributed by atoms with Gasteiger partial charge in [0.05, 0.1) is 14.1 Å². The normalized spacial score (nSPS) is 11.1. The van der Waals surface area contributed by atoms with Crippen LogP contribution in [0, 0.1) is 0 Å². The highest BCUT2D eigenvalue weighted by Gasteiger charge is 2.21. The summed E-state index contributed by atoms with van der Waals surface area (Å²) in [5, 5.41) is 13.8. The summed E-state index contributed by atoms with van der Waals surface area (Å²) in [5.41, 5.74) is 0.123. The molecule has 0 saturated heterocycles. The highest BCUT2D eigenvalue weighted by atomic mass is 16.3. The lowest BCUT2D eigenvalue weighted by molar-refractivity contribution is -0.649. The van der Waals surface area contributed by atoms with Crippen LogP contribution in [0.25, 0.3) is 5.78 Å². The van der Waals surface area contributed by atoms with Crippen molar-refractivity contribution >= 4 is 5.78 Å². The van der Waals surface area contributed by atoms with Crippen molar-refractivity contribution in [2.75, 3.05) is 0 Å². The predicted octanol–water partition coefficient (Wildman–Crippen LogP) is -0.875. The molecule has 2 aromatic heterocycles. The summed E-state index contributed by atoms with van der Waals surface area (Å²) in [6.07, 6.45) is 2.02. The van der Waals surface area contributed by atoms with Gasteiger partial charge in [0, 0.05) is 0 Å². The standard InChI is InChI=1S/C9H12N4O2/c1-4-6-7(14)12(3)9-11(2)5-10-13(9)8(6)15/h5H,4H2,1-3H3/p+1. The number of fused-ring (bicyclic) bond motifs is 1. The van der Waals surface area contributed by atoms with Crippen LogP contribution in [-0.4, -0.2) is 19.3 Å². The van der Waals surface area contributed by atoms with Crippen LogP contribution in [-0.2, 0) is 20.5 Å². The molecule has 0 saturated carbocycles. The Hall–Kier alpha value is -1.85. The van der Waals surface area contributed by atoms with E-state index in [1.54, 1.807) is 23.2 Å². The summed E-state index contributed by atoms with van der Waals surface area (Å²) in [6, 6.07) is 0. The summed E-state index contributed by atoms with van der Waals surface area (Å²) in [5.74, 6) is 0.556. The van der Waals surface area contributed by atoms with Crippen LogP contribution in [0.3, 0.4) is 0 Å². The maximum atomic E-state index is 11.9. The Morgan fingerprint density at radius 2 is 2.27 bits per heavy atom. The second-order valence-electron chi connectivity index (χ2n) is 3.47. The van der Waals surface area contributed by atoms with Crippen molar-refractivity contribution in [3.63, 3.8) is 0 Å². The van der Waals surface area contributed by atoms with Crippen molar-refractivity contribution in [2.45, 2.75) is 13.3 Å². The minimum absolute atomic E-state index is 0.00565. The van der Waals surface area contributed by atoms with Crippen molar-refractivity contribution in [1.29, 1.82) is 0 Å². The van der Waals surface area contributed by atoms with Crippen LogP contribution < -0.4 is 10.1 Å². The number of hydrogen-bond acceptors (Lipinski definition) is 3. The van der Waals surface area contributed by atoms with Gasteiger partial charge in [0.1, 0.15) is 5.56 Å². The van der Waals surface area contributed by atoms with Crippen LogP contribution in [0.2, 0.25) is 0 Å². The molecule has 1 N–H and O–H groups in total. The Bertz CT molecular complexity index is 582. The molecule has 2 aromatic rings. The molecule has 0 spiro atoms. The summed E-state index contributed by atoms with van der Waals surface area (Å²) in [7, 11) is 3.47. The van der Waals surface area contributed by atoms with E-state index in [1.807, 2.05) is 6.92 Å². The van der Waals surface area contributed by atoms with Gasteiger partial charge in [-0.25, -0.2) is 9.13 Å². The lowest BCUT2D eigenvalue weighted by atomic mass is 10.2. The third-order valence-corrected chi connectivity index (χ3v) is 2.54. The minimum Gasteiger partial charge on any atom is -0.486 e. The molecule has 0 aromatic carbocycles. The zero-order valence-corrected chi connectivity index (χ0v) is 8.93. The van der Waals surface area contributed by atoms with E-state index in [0.717, 1.165) is 0 Å². The molecule has 80 valence electrons. The van der Waals surface area contributed by atoms with E-state index >= 15 is 0 Å². The van der Waals surface area contributed by atoms with E-state index in [1.165, 1.54) is 10.8 Å². The molecule has 2 rings (SSSR count). The predicted molar refractivity (Wildman–Crippen MR) is 52.7 cm³/mol. The molecule has 0 fully saturated rings. The average molecular weight is 209 g/mol. The Balaban J connectivity index is 3.05. The van der Waals surface area contributed by atoms with Crippen molar-refractivity contribution in [1.82, 2.24) is 14.2 Å². The van der Waals surface area contributed by atoms with Gasteiger partial charge in [0.15, 0.2) is 0 Å². The first-order valence-corrected chi connectivity index (χ1v) is 4.72. The molecule has 0 atom stereocenters. The molecule has 0 amide bonds. The fourth-order valence-corrected chi connectivity index (χ4v) is 1.73. The Labute approximate surface area is 86.0 Å². The molecule has 0 unspecified atom stereocenters. The second kappa shape index (κ2) is 3.08. The largest absolute Gasteiger partial charge is 0.486 e. The second-order valence-corrected chi connectivity index (χ2v) is 3.47. The Morgan fingerprint density at radius 3 is 2.87 bits per heavy atom. The third kappa shape index (κ3) is 1.14. The van der Waals surface area contributed by atoms with Gasteiger partial charge in [-0.3, -0.25) is 4.79 Å². The van der Waals surface area contributed by atoms with Gasteiger partial charge in [0.2, 0.25) is 12.2 Å². The van der Waals surface area contributed by atoms with Gasteiger partial charge in [-0.05, 0) is 16.0 Å². The third-order valence-electron chi connectivity index (χ3n) is 2.54. The van der Waals surface area contributed by atoms with Crippen molar-refractivity contribution in [2.24, 2.45) is 14.1 Å². The molecule has 0 radical (unpaired) electrons. The fraction of sp³-hybridized carbons (Fsp3) is 0.444. The van der Waals surface area contributed by atoms with Crippen LogP contribution in [0.4, 0.5) is 0 Å². The van der Waals surface area contributed by atoms with Gasteiger partial charge >= 0.3 is 11.3 Å². The lowest BCUT2D eigenvalue weighted by Gasteiger charge is -2.03. The first kappa shape index (κ1) is 9.70. The van der Waals surface area contributed by atoms with Gasteiger partial charge in [-0.1, -0.05) is 6.92 Å². The zero-order chi connectivity index (χ0) is 11.2. The van der Waals surface area contributed by atoms with Gasteiger partial charge < -0.3 is 5.11 Å². The number of aromatic hydroxyl groups is 1.